The zero-order valence-corrected chi connectivity index (χ0v) is 8.74. The number of nitrogens with one attached hydrogen (secondary N) is 1. The van der Waals surface area contributed by atoms with Gasteiger partial charge in [0.05, 0.1) is 19.4 Å². The van der Waals surface area contributed by atoms with Gasteiger partial charge in [0.15, 0.2) is 0 Å². The van der Waals surface area contributed by atoms with Crippen molar-refractivity contribution in [3.05, 3.63) is 23.8 Å². The van der Waals surface area contributed by atoms with E-state index in [2.05, 4.69) is 5.48 Å². The number of methoxy groups -OCH3 is 1. The number of carbonyl (C=O) groups is 1. The first kappa shape index (κ1) is 11.3. The molecule has 5 nitrogen and oxygen atoms in total. The first-order valence-electron chi connectivity index (χ1n) is 4.54. The average molecular weight is 210 g/mol. The Morgan fingerprint density at radius 3 is 2.80 bits per heavy atom. The Bertz CT molecular complexity index is 353. The lowest BCUT2D eigenvalue weighted by Crippen LogP contribution is -2.23. The lowest BCUT2D eigenvalue weighted by Gasteiger charge is -2.07. The summed E-state index contributed by atoms with van der Waals surface area (Å²) in [5.74, 6) is 0.217. The molecule has 0 radical (unpaired) electrons. The van der Waals surface area contributed by atoms with Crippen LogP contribution in [0.4, 0.5) is 5.69 Å². The summed E-state index contributed by atoms with van der Waals surface area (Å²) in [6.07, 6.45) is 0. The van der Waals surface area contributed by atoms with Crippen LogP contribution in [-0.2, 0) is 4.84 Å². The van der Waals surface area contributed by atoms with Crippen LogP contribution < -0.4 is 16.0 Å². The maximum absolute atomic E-state index is 11.4. The minimum Gasteiger partial charge on any atom is -0.495 e. The summed E-state index contributed by atoms with van der Waals surface area (Å²) in [4.78, 5) is 16.2. The van der Waals surface area contributed by atoms with Crippen molar-refractivity contribution in [3.8, 4) is 5.75 Å². The van der Waals surface area contributed by atoms with Crippen molar-refractivity contribution in [2.45, 2.75) is 6.92 Å². The lowest BCUT2D eigenvalue weighted by molar-refractivity contribution is 0.0364. The highest BCUT2D eigenvalue weighted by Crippen LogP contribution is 2.21. The Labute approximate surface area is 88.1 Å². The van der Waals surface area contributed by atoms with Crippen LogP contribution in [0.3, 0.4) is 0 Å². The summed E-state index contributed by atoms with van der Waals surface area (Å²) in [6.45, 7) is 2.19. The molecule has 1 aromatic carbocycles. The molecule has 0 aliphatic heterocycles. The van der Waals surface area contributed by atoms with Crippen LogP contribution in [0.15, 0.2) is 18.2 Å². The monoisotopic (exact) mass is 210 g/mol. The van der Waals surface area contributed by atoms with E-state index in [9.17, 15) is 4.79 Å². The Balaban J connectivity index is 2.78. The molecule has 0 aliphatic rings. The first-order valence-corrected chi connectivity index (χ1v) is 4.54. The molecular weight excluding hydrogens is 196 g/mol. The molecule has 0 atom stereocenters. The van der Waals surface area contributed by atoms with Crippen LogP contribution >= 0.6 is 0 Å². The smallest absolute Gasteiger partial charge is 0.274 e. The van der Waals surface area contributed by atoms with Crippen LogP contribution in [0, 0.1) is 0 Å². The largest absolute Gasteiger partial charge is 0.495 e. The summed E-state index contributed by atoms with van der Waals surface area (Å²) in [5.41, 5.74) is 8.78. The molecule has 0 fully saturated rings. The van der Waals surface area contributed by atoms with Crippen LogP contribution in [0.2, 0.25) is 0 Å². The molecule has 0 saturated heterocycles. The van der Waals surface area contributed by atoms with Gasteiger partial charge in [-0.1, -0.05) is 0 Å². The lowest BCUT2D eigenvalue weighted by atomic mass is 10.2. The van der Waals surface area contributed by atoms with E-state index >= 15 is 0 Å². The summed E-state index contributed by atoms with van der Waals surface area (Å²) in [5, 5.41) is 0. The highest BCUT2D eigenvalue weighted by atomic mass is 16.6. The predicted molar refractivity (Wildman–Crippen MR) is 56.5 cm³/mol. The number of hydroxylamine groups is 1. The molecule has 3 N–H and O–H groups in total. The van der Waals surface area contributed by atoms with Gasteiger partial charge in [-0.25, -0.2) is 5.48 Å². The quantitative estimate of drug-likeness (QED) is 0.573. The third-order valence-electron chi connectivity index (χ3n) is 1.80. The molecule has 1 aromatic rings. The fourth-order valence-electron chi connectivity index (χ4n) is 1.07. The van der Waals surface area contributed by atoms with E-state index in [1.165, 1.54) is 13.2 Å². The average Bonchev–Trinajstić information content (AvgIpc) is 2.25. The number of nitrogen functional groups attached to an aromatic ring is 1. The number of rotatable bonds is 4. The molecule has 0 unspecified atom stereocenters. The molecule has 0 heterocycles. The Morgan fingerprint density at radius 1 is 1.53 bits per heavy atom. The summed E-state index contributed by atoms with van der Waals surface area (Å²) in [7, 11) is 1.52. The fraction of sp³-hybridized carbons (Fsp3) is 0.300. The number of ether oxygens (including phenoxy) is 1. The maximum atomic E-state index is 11.4. The van der Waals surface area contributed by atoms with Crippen LogP contribution in [0.1, 0.15) is 17.3 Å². The van der Waals surface area contributed by atoms with Crippen molar-refractivity contribution >= 4 is 11.6 Å². The van der Waals surface area contributed by atoms with Gasteiger partial charge in [0.1, 0.15) is 5.75 Å². The van der Waals surface area contributed by atoms with Crippen LogP contribution in [0.5, 0.6) is 5.75 Å². The summed E-state index contributed by atoms with van der Waals surface area (Å²) in [6, 6.07) is 4.78. The Hall–Kier alpha value is -1.75. The number of anilines is 1. The third kappa shape index (κ3) is 2.85. The summed E-state index contributed by atoms with van der Waals surface area (Å²) < 4.78 is 4.97. The van der Waals surface area contributed by atoms with Gasteiger partial charge in [0.2, 0.25) is 0 Å². The van der Waals surface area contributed by atoms with E-state index in [4.69, 9.17) is 15.3 Å². The second-order valence-electron chi connectivity index (χ2n) is 2.82. The molecule has 1 amide bonds. The second-order valence-corrected chi connectivity index (χ2v) is 2.82. The van der Waals surface area contributed by atoms with Crippen molar-refractivity contribution in [1.29, 1.82) is 0 Å². The highest BCUT2D eigenvalue weighted by Gasteiger charge is 2.07. The van der Waals surface area contributed by atoms with Gasteiger partial charge in [0, 0.05) is 5.56 Å². The Kier molecular flexibility index (Phi) is 3.93. The van der Waals surface area contributed by atoms with Crippen LogP contribution in [-0.4, -0.2) is 19.6 Å². The van der Waals surface area contributed by atoms with Gasteiger partial charge in [-0.05, 0) is 25.1 Å². The summed E-state index contributed by atoms with van der Waals surface area (Å²) >= 11 is 0. The second kappa shape index (κ2) is 5.21. The van der Waals surface area contributed by atoms with Gasteiger partial charge in [0.25, 0.3) is 5.91 Å². The van der Waals surface area contributed by atoms with Crippen molar-refractivity contribution in [2.75, 3.05) is 19.5 Å². The van der Waals surface area contributed by atoms with Crippen molar-refractivity contribution in [3.63, 3.8) is 0 Å². The molecule has 15 heavy (non-hydrogen) atoms. The van der Waals surface area contributed by atoms with E-state index < -0.39 is 0 Å². The number of amides is 1. The van der Waals surface area contributed by atoms with E-state index in [0.717, 1.165) is 0 Å². The molecule has 0 spiro atoms. The number of hydrogen-bond donors (Lipinski definition) is 2. The normalized spacial score (nSPS) is 9.73. The maximum Gasteiger partial charge on any atom is 0.274 e. The van der Waals surface area contributed by atoms with Crippen molar-refractivity contribution in [1.82, 2.24) is 5.48 Å². The Morgan fingerprint density at radius 2 is 2.27 bits per heavy atom. The zero-order chi connectivity index (χ0) is 11.3. The minimum absolute atomic E-state index is 0.328. The van der Waals surface area contributed by atoms with Gasteiger partial charge in [-0.2, -0.15) is 0 Å². The number of carbonyl (C=O) groups excluding carboxylic acids is 1. The molecule has 1 rings (SSSR count). The molecular formula is C10H14N2O3. The molecule has 5 heteroatoms. The number of benzene rings is 1. The SMILES string of the molecule is CCONC(=O)c1ccc(OC)c(N)c1. The van der Waals surface area contributed by atoms with Gasteiger partial charge >= 0.3 is 0 Å². The van der Waals surface area contributed by atoms with E-state index in [1.807, 2.05) is 0 Å². The standard InChI is InChI=1S/C10H14N2O3/c1-3-15-12-10(13)7-4-5-9(14-2)8(11)6-7/h4-6H,3,11H2,1-2H3,(H,12,13). The molecule has 82 valence electrons. The van der Waals surface area contributed by atoms with Gasteiger partial charge in [-0.15, -0.1) is 0 Å². The third-order valence-corrected chi connectivity index (χ3v) is 1.80. The van der Waals surface area contributed by atoms with E-state index in [0.29, 0.717) is 23.6 Å². The fourth-order valence-corrected chi connectivity index (χ4v) is 1.07. The van der Waals surface area contributed by atoms with Crippen molar-refractivity contribution < 1.29 is 14.4 Å². The number of hydrogen-bond acceptors (Lipinski definition) is 4. The van der Waals surface area contributed by atoms with Gasteiger partial charge in [-0.3, -0.25) is 9.63 Å². The topological polar surface area (TPSA) is 73.6 Å². The predicted octanol–water partition coefficient (Wildman–Crippen LogP) is 0.959. The minimum atomic E-state index is -0.328. The molecule has 0 bridgehead atoms. The number of nitrogens with two attached hydrogens (primary N) is 1. The van der Waals surface area contributed by atoms with Crippen molar-refractivity contribution in [2.24, 2.45) is 0 Å². The zero-order valence-electron chi connectivity index (χ0n) is 8.74. The molecule has 0 saturated carbocycles. The van der Waals surface area contributed by atoms with E-state index in [-0.39, 0.29) is 5.91 Å². The molecule has 0 aromatic heterocycles. The van der Waals surface area contributed by atoms with E-state index in [1.54, 1.807) is 19.1 Å². The van der Waals surface area contributed by atoms with Gasteiger partial charge < -0.3 is 10.5 Å². The first-order chi connectivity index (χ1) is 7.19. The highest BCUT2D eigenvalue weighted by molar-refractivity contribution is 5.94. The molecule has 0 aliphatic carbocycles. The van der Waals surface area contributed by atoms with Crippen LogP contribution in [0.25, 0.3) is 0 Å².